The normalized spacial score (nSPS) is 14.1. The Morgan fingerprint density at radius 2 is 0.603 bits per heavy atom. The number of carboxylic acids is 1. The van der Waals surface area contributed by atoms with Crippen LogP contribution >= 0.6 is 92.8 Å². The fourth-order valence-electron chi connectivity index (χ4n) is 15.2. The molecule has 0 radical (unpaired) electrons. The summed E-state index contributed by atoms with van der Waals surface area (Å²) in [7, 11) is 0. The molecule has 0 aliphatic carbocycles. The molecule has 8 aromatic rings. The monoisotopic (exact) mass is 2110 g/mol. The molecule has 0 spiro atoms. The number of carbonyl (C=O) groups is 6. The summed E-state index contributed by atoms with van der Waals surface area (Å²) in [5, 5.41) is 51.9. The second kappa shape index (κ2) is 70.6. The van der Waals surface area contributed by atoms with Gasteiger partial charge in [-0.2, -0.15) is 0 Å². The first-order valence-corrected chi connectivity index (χ1v) is 52.7. The number of aliphatic hydroxyl groups excluding tert-OH is 3. The largest absolute Gasteiger partial charge is 0.481 e. The summed E-state index contributed by atoms with van der Waals surface area (Å²) in [5.41, 5.74) is 7.86. The van der Waals surface area contributed by atoms with Crippen LogP contribution in [0.1, 0.15) is 269 Å². The van der Waals surface area contributed by atoms with Crippen molar-refractivity contribution in [3.63, 3.8) is 0 Å². The Morgan fingerprint density at radius 1 is 0.340 bits per heavy atom. The number of para-hydroxylation sites is 8. The number of carbonyl (C=O) groups excluding carboxylic acids is 5. The molecule has 4 unspecified atom stereocenters. The number of hydrogen-bond acceptors (Lipinski definition) is 22. The van der Waals surface area contributed by atoms with Crippen LogP contribution in [0.4, 0.5) is 45.5 Å². The quantitative estimate of drug-likeness (QED) is 0.00997. The summed E-state index contributed by atoms with van der Waals surface area (Å²) in [6.45, 7) is 11.9. The summed E-state index contributed by atoms with van der Waals surface area (Å²) in [6, 6.07) is 50.0. The van der Waals surface area contributed by atoms with Crippen LogP contribution in [0.15, 0.2) is 170 Å². The molecule has 8 aromatic carbocycles. The van der Waals surface area contributed by atoms with Gasteiger partial charge in [0.15, 0.2) is 17.7 Å². The third-order valence-electron chi connectivity index (χ3n) is 22.8. The molecule has 10 rings (SSSR count). The van der Waals surface area contributed by atoms with Crippen LogP contribution in [0.2, 0.25) is 40.2 Å². The van der Waals surface area contributed by atoms with Gasteiger partial charge in [-0.3, -0.25) is 28.8 Å². The number of aliphatic carboxylic acids is 1. The maximum absolute atomic E-state index is 13.1. The maximum atomic E-state index is 13.1. The van der Waals surface area contributed by atoms with Crippen LogP contribution in [-0.4, -0.2) is 145 Å². The van der Waals surface area contributed by atoms with Crippen LogP contribution in [-0.2, 0) is 97.1 Å². The van der Waals surface area contributed by atoms with E-state index in [0.29, 0.717) is 116 Å². The number of halogens is 8. The van der Waals surface area contributed by atoms with Crippen molar-refractivity contribution >= 4 is 174 Å². The number of hydrogen-bond donors (Lipinski definition) is 8. The molecule has 2 aliphatic rings. The molecule has 0 bridgehead atoms. The van der Waals surface area contributed by atoms with Gasteiger partial charge in [-0.05, 0) is 136 Å². The third kappa shape index (κ3) is 51.4. The number of benzene rings is 8. The number of unbranched alkanes of at least 4 members (excludes halogenated alkanes) is 28. The zero-order valence-corrected chi connectivity index (χ0v) is 88.6. The Kier molecular flexibility index (Phi) is 60.8. The van der Waals surface area contributed by atoms with Crippen LogP contribution in [0, 0.1) is 0 Å². The molecule has 141 heavy (non-hydrogen) atoms. The second-order valence-electron chi connectivity index (χ2n) is 35.8. The Morgan fingerprint density at radius 3 is 0.879 bits per heavy atom. The van der Waals surface area contributed by atoms with Crippen molar-refractivity contribution in [2.45, 2.75) is 309 Å². The lowest BCUT2D eigenvalue weighted by molar-refractivity contribution is -0.166. The van der Waals surface area contributed by atoms with E-state index >= 15 is 0 Å². The van der Waals surface area contributed by atoms with Gasteiger partial charge in [0, 0.05) is 35.6 Å². The molecule has 0 amide bonds. The Bertz CT molecular complexity index is 4890. The molecular formula is C110H146Cl8N4O19. The number of esters is 5. The highest BCUT2D eigenvalue weighted by molar-refractivity contribution is 6.41. The fourth-order valence-corrected chi connectivity index (χ4v) is 17.2. The smallest absolute Gasteiger partial charge is 0.310 e. The minimum atomic E-state index is -1.08. The predicted octanol–water partition coefficient (Wildman–Crippen LogP) is 29.4. The summed E-state index contributed by atoms with van der Waals surface area (Å²) in [6.07, 6.45) is 35.9. The Balaban J connectivity index is 0.000000312. The fraction of sp³-hybridized carbons (Fsp3) is 0.509. The van der Waals surface area contributed by atoms with Crippen molar-refractivity contribution in [2.24, 2.45) is 0 Å². The number of aliphatic hydroxyl groups is 3. The molecule has 2 heterocycles. The second-order valence-corrected chi connectivity index (χ2v) is 39.0. The van der Waals surface area contributed by atoms with Crippen LogP contribution in [0.5, 0.6) is 0 Å². The summed E-state index contributed by atoms with van der Waals surface area (Å²) in [4.78, 5) is 73.8. The van der Waals surface area contributed by atoms with Crippen molar-refractivity contribution in [3.8, 4) is 0 Å². The average molecular weight is 2110 g/mol. The molecule has 4 atom stereocenters. The number of nitrogens with one attached hydrogen (secondary N) is 4. The van der Waals surface area contributed by atoms with E-state index in [9.17, 15) is 33.9 Å². The van der Waals surface area contributed by atoms with Crippen molar-refractivity contribution < 1.29 is 91.8 Å². The lowest BCUT2D eigenvalue weighted by atomic mass is 10.0. The highest BCUT2D eigenvalue weighted by atomic mass is 35.5. The van der Waals surface area contributed by atoms with Crippen molar-refractivity contribution in [1.29, 1.82) is 0 Å². The Labute approximate surface area is 874 Å². The first-order chi connectivity index (χ1) is 67.9. The number of rotatable bonds is 59. The predicted molar refractivity (Wildman–Crippen MR) is 570 cm³/mol. The van der Waals surface area contributed by atoms with Gasteiger partial charge in [0.25, 0.3) is 0 Å². The minimum Gasteiger partial charge on any atom is -0.481 e. The maximum Gasteiger partial charge on any atom is 0.310 e. The number of anilines is 8. The van der Waals surface area contributed by atoms with E-state index in [0.717, 1.165) is 49.8 Å². The number of ether oxygens (including phenoxy) is 9. The first kappa shape index (κ1) is 122. The zero-order chi connectivity index (χ0) is 102. The summed E-state index contributed by atoms with van der Waals surface area (Å²) in [5.74, 6) is -4.07. The first-order valence-electron chi connectivity index (χ1n) is 49.6. The average Bonchev–Trinajstić information content (AvgIpc) is 1.84. The lowest BCUT2D eigenvalue weighted by Crippen LogP contribution is -2.31. The zero-order valence-electron chi connectivity index (χ0n) is 82.5. The van der Waals surface area contributed by atoms with E-state index in [1.165, 1.54) is 154 Å². The van der Waals surface area contributed by atoms with Gasteiger partial charge in [0.1, 0.15) is 44.7 Å². The van der Waals surface area contributed by atoms with Crippen LogP contribution in [0.25, 0.3) is 0 Å². The minimum absolute atomic E-state index is 0.00337. The van der Waals surface area contributed by atoms with Gasteiger partial charge < -0.3 is 84.3 Å². The summed E-state index contributed by atoms with van der Waals surface area (Å²) >= 11 is 49.6. The molecule has 31 heteroatoms. The molecule has 23 nitrogen and oxygen atoms in total. The standard InChI is InChI=1S/C53H85Cl2NO6.C20H21Cl2NO4.C17H17Cl2NO4.C14H11Cl2NO2.C6H12O3/c1-3-5-7-9-11-13-15-17-19-21-23-25-27-29-31-40-50(57)60-43-46(62-51(58)41-32-30-28-26-24-22-20-18-16-14-12-10-8-6-4-2)44-61-52(59)42-45-36-33-34-39-49(45)56-53-47(54)37-35-38-48(53)55;1-20(2)26-12-14(27-20)11-25-18(24)10-13-6-3-4-9-17(13)23-19-15(21)7-5-8-16(19)22;18-13-5-3-6-14(19)17(13)20-15-7-2-1-4-11(15)8-16(23)24-10-12(22)9-21;15-10-5-3-6-11(16)14(10)17-12-7-2-1-4-9(12)8-13(18)19;1-6(2)8-4-5(3-7)9-6/h33-39,46,56H,3-32,40-44H2,1-2H3;3-9,14,23H,10-12H2,1-2H3;1-7,12,20-22H,8-10H2;1-7,17H,8H2,(H,18,19);5,7H,3-4H2,1-2H3. The van der Waals surface area contributed by atoms with E-state index in [4.69, 9.17) is 151 Å². The number of carboxylic acid groups (broad SMARTS) is 1. The van der Waals surface area contributed by atoms with Gasteiger partial charge in [0.2, 0.25) is 0 Å². The van der Waals surface area contributed by atoms with E-state index in [1.54, 1.807) is 109 Å². The Hall–Kier alpha value is -8.18. The van der Waals surface area contributed by atoms with Gasteiger partial charge in [-0.25, -0.2) is 0 Å². The molecule has 8 N–H and O–H groups in total. The molecule has 2 fully saturated rings. The van der Waals surface area contributed by atoms with Crippen LogP contribution < -0.4 is 21.3 Å². The molecular weight excluding hydrogens is 1960 g/mol. The van der Waals surface area contributed by atoms with Crippen molar-refractivity contribution in [2.75, 3.05) is 74.1 Å². The highest BCUT2D eigenvalue weighted by Crippen LogP contribution is 2.39. The molecule has 776 valence electrons. The lowest BCUT2D eigenvalue weighted by Gasteiger charge is -2.19. The van der Waals surface area contributed by atoms with Crippen molar-refractivity contribution in [3.05, 3.63) is 232 Å². The molecule has 2 aliphatic heterocycles. The van der Waals surface area contributed by atoms with Gasteiger partial charge in [-0.1, -0.05) is 383 Å². The van der Waals surface area contributed by atoms with Gasteiger partial charge in [0.05, 0.1) is 115 Å². The van der Waals surface area contributed by atoms with Crippen molar-refractivity contribution in [1.82, 2.24) is 0 Å². The van der Waals surface area contributed by atoms with Gasteiger partial charge >= 0.3 is 35.8 Å². The molecule has 2 saturated heterocycles. The highest BCUT2D eigenvalue weighted by Gasteiger charge is 2.34. The van der Waals surface area contributed by atoms with E-state index in [1.807, 2.05) is 88.4 Å². The summed E-state index contributed by atoms with van der Waals surface area (Å²) < 4.78 is 48.7. The molecule has 0 saturated carbocycles. The third-order valence-corrected chi connectivity index (χ3v) is 25.4. The molecule has 0 aromatic heterocycles. The topological polar surface area (TPSA) is 315 Å². The van der Waals surface area contributed by atoms with E-state index in [-0.39, 0.29) is 95.3 Å². The van der Waals surface area contributed by atoms with Gasteiger partial charge in [-0.15, -0.1) is 0 Å². The van der Waals surface area contributed by atoms with E-state index < -0.39 is 48.3 Å². The van der Waals surface area contributed by atoms with E-state index in [2.05, 4.69) is 35.1 Å². The van der Waals surface area contributed by atoms with Crippen LogP contribution in [0.3, 0.4) is 0 Å². The SMILES string of the molecule is CC1(C)OCC(CO)O1.CC1(C)OCC(COC(=O)Cc2ccccc2Nc2c(Cl)cccc2Cl)O1.CCCCCCCCCCCCCCCCCC(=O)OCC(COC(=O)Cc1ccccc1Nc1c(Cl)cccc1Cl)OC(=O)CCCCCCCCCCCCCCCCC.O=C(Cc1ccccc1Nc1c(Cl)cccc1Cl)OCC(O)CO.O=C(O)Cc1ccccc1Nc1c(Cl)cccc1Cl.